The van der Waals surface area contributed by atoms with Crippen LogP contribution in [-0.4, -0.2) is 7.05 Å². The van der Waals surface area contributed by atoms with Gasteiger partial charge in [0, 0.05) is 10.9 Å². The van der Waals surface area contributed by atoms with E-state index in [0.717, 1.165) is 5.92 Å². The van der Waals surface area contributed by atoms with Crippen LogP contribution in [0.2, 0.25) is 0 Å². The third-order valence-corrected chi connectivity index (χ3v) is 5.66. The van der Waals surface area contributed by atoms with Gasteiger partial charge in [0.2, 0.25) is 0 Å². The van der Waals surface area contributed by atoms with Crippen molar-refractivity contribution in [2.24, 2.45) is 11.3 Å². The first kappa shape index (κ1) is 12.6. The quantitative estimate of drug-likeness (QED) is 0.860. The molecule has 0 spiro atoms. The van der Waals surface area contributed by atoms with Crippen molar-refractivity contribution in [3.8, 4) is 0 Å². The van der Waals surface area contributed by atoms with Crippen molar-refractivity contribution in [3.05, 3.63) is 20.8 Å². The molecule has 3 heteroatoms. The monoisotopic (exact) mass is 301 g/mol. The van der Waals surface area contributed by atoms with E-state index in [0.29, 0.717) is 11.5 Å². The molecule has 2 atom stereocenters. The van der Waals surface area contributed by atoms with Gasteiger partial charge in [0.05, 0.1) is 3.79 Å². The fraction of sp³-hybridized carbons (Fsp3) is 0.692. The summed E-state index contributed by atoms with van der Waals surface area (Å²) in [5.41, 5.74) is 0.476. The first-order chi connectivity index (χ1) is 7.54. The maximum atomic E-state index is 3.56. The van der Waals surface area contributed by atoms with Crippen LogP contribution in [0.1, 0.15) is 44.0 Å². The Hall–Kier alpha value is 0.140. The highest BCUT2D eigenvalue weighted by Gasteiger charge is 2.39. The summed E-state index contributed by atoms with van der Waals surface area (Å²) in [6.45, 7) is 4.83. The Morgan fingerprint density at radius 3 is 2.69 bits per heavy atom. The van der Waals surface area contributed by atoms with Crippen molar-refractivity contribution in [1.82, 2.24) is 5.32 Å². The molecule has 1 aromatic rings. The minimum Gasteiger partial charge on any atom is -0.312 e. The standard InChI is InChI=1S/C13H20BrNS/c1-13(2)8-4-5-9(13)12(15-3)10-6-7-11(14)16-10/h6-7,9,12,15H,4-5,8H2,1-3H3. The molecule has 0 aromatic carbocycles. The summed E-state index contributed by atoms with van der Waals surface area (Å²) in [5.74, 6) is 0.767. The zero-order valence-electron chi connectivity index (χ0n) is 10.2. The summed E-state index contributed by atoms with van der Waals surface area (Å²) in [4.78, 5) is 1.47. The third-order valence-electron chi connectivity index (χ3n) is 3.95. The Morgan fingerprint density at radius 2 is 2.25 bits per heavy atom. The summed E-state index contributed by atoms with van der Waals surface area (Å²) < 4.78 is 1.23. The molecule has 1 fully saturated rings. The smallest absolute Gasteiger partial charge is 0.0701 e. The third kappa shape index (κ3) is 2.36. The predicted octanol–water partition coefficient (Wildman–Crippen LogP) is 4.60. The number of thiophene rings is 1. The van der Waals surface area contributed by atoms with Crippen LogP contribution in [0.4, 0.5) is 0 Å². The summed E-state index contributed by atoms with van der Waals surface area (Å²) in [6, 6.07) is 4.94. The summed E-state index contributed by atoms with van der Waals surface area (Å²) in [7, 11) is 2.09. The first-order valence-corrected chi connectivity index (χ1v) is 7.58. The molecule has 2 rings (SSSR count). The minimum atomic E-state index is 0.476. The van der Waals surface area contributed by atoms with E-state index < -0.39 is 0 Å². The van der Waals surface area contributed by atoms with Gasteiger partial charge in [-0.1, -0.05) is 20.3 Å². The fourth-order valence-electron chi connectivity index (χ4n) is 3.01. The Bertz CT molecular complexity index is 359. The van der Waals surface area contributed by atoms with Gasteiger partial charge < -0.3 is 5.32 Å². The maximum Gasteiger partial charge on any atom is 0.0701 e. The number of rotatable bonds is 3. The molecule has 0 amide bonds. The highest BCUT2D eigenvalue weighted by Crippen LogP contribution is 2.49. The second-order valence-corrected chi connectivity index (χ2v) is 7.89. The van der Waals surface area contributed by atoms with Crippen molar-refractivity contribution in [2.45, 2.75) is 39.2 Å². The van der Waals surface area contributed by atoms with E-state index in [9.17, 15) is 0 Å². The second kappa shape index (κ2) is 4.79. The molecule has 16 heavy (non-hydrogen) atoms. The average Bonchev–Trinajstić information content (AvgIpc) is 2.76. The van der Waals surface area contributed by atoms with E-state index in [4.69, 9.17) is 0 Å². The number of hydrogen-bond donors (Lipinski definition) is 1. The van der Waals surface area contributed by atoms with Crippen LogP contribution >= 0.6 is 27.3 Å². The Morgan fingerprint density at radius 1 is 1.50 bits per heavy atom. The number of hydrogen-bond acceptors (Lipinski definition) is 2. The van der Waals surface area contributed by atoms with Crippen LogP contribution in [0.3, 0.4) is 0 Å². The molecule has 1 nitrogen and oxygen atoms in total. The van der Waals surface area contributed by atoms with Gasteiger partial charge in [-0.3, -0.25) is 0 Å². The molecule has 1 heterocycles. The van der Waals surface area contributed by atoms with E-state index in [1.165, 1.54) is 27.9 Å². The SMILES string of the molecule is CNC(c1ccc(Br)s1)C1CCCC1(C)C. The normalized spacial score (nSPS) is 25.9. The average molecular weight is 302 g/mol. The molecular weight excluding hydrogens is 282 g/mol. The van der Waals surface area contributed by atoms with Crippen LogP contribution in [0.25, 0.3) is 0 Å². The fourth-order valence-corrected chi connectivity index (χ4v) is 4.61. The van der Waals surface area contributed by atoms with Crippen LogP contribution in [0.5, 0.6) is 0 Å². The van der Waals surface area contributed by atoms with Gasteiger partial charge in [-0.2, -0.15) is 0 Å². The highest BCUT2D eigenvalue weighted by atomic mass is 79.9. The van der Waals surface area contributed by atoms with Crippen molar-refractivity contribution >= 4 is 27.3 Å². The molecule has 1 aliphatic carbocycles. The summed E-state index contributed by atoms with van der Waals surface area (Å²) in [6.07, 6.45) is 4.10. The van der Waals surface area contributed by atoms with Crippen molar-refractivity contribution in [3.63, 3.8) is 0 Å². The lowest BCUT2D eigenvalue weighted by Crippen LogP contribution is -2.31. The van der Waals surface area contributed by atoms with Crippen molar-refractivity contribution < 1.29 is 0 Å². The molecule has 1 N–H and O–H groups in total. The lowest BCUT2D eigenvalue weighted by molar-refractivity contribution is 0.205. The van der Waals surface area contributed by atoms with Crippen LogP contribution in [0.15, 0.2) is 15.9 Å². The first-order valence-electron chi connectivity index (χ1n) is 5.97. The van der Waals surface area contributed by atoms with Crippen molar-refractivity contribution in [1.29, 1.82) is 0 Å². The second-order valence-electron chi connectivity index (χ2n) is 5.40. The van der Waals surface area contributed by atoms with Gasteiger partial charge in [-0.15, -0.1) is 11.3 Å². The van der Waals surface area contributed by atoms with Crippen molar-refractivity contribution in [2.75, 3.05) is 7.05 Å². The van der Waals surface area contributed by atoms with Gasteiger partial charge in [0.25, 0.3) is 0 Å². The zero-order chi connectivity index (χ0) is 11.8. The van der Waals surface area contributed by atoms with Crippen LogP contribution in [0, 0.1) is 11.3 Å². The van der Waals surface area contributed by atoms with Gasteiger partial charge in [0.15, 0.2) is 0 Å². The Kier molecular flexibility index (Phi) is 3.77. The van der Waals surface area contributed by atoms with Gasteiger partial charge in [-0.05, 0) is 59.3 Å². The molecule has 0 bridgehead atoms. The van der Waals surface area contributed by atoms with E-state index in [2.05, 4.69) is 54.3 Å². The molecule has 90 valence electrons. The topological polar surface area (TPSA) is 12.0 Å². The molecule has 1 saturated carbocycles. The number of halogens is 1. The molecule has 0 aliphatic heterocycles. The lowest BCUT2D eigenvalue weighted by Gasteiger charge is -2.33. The van der Waals surface area contributed by atoms with Gasteiger partial charge >= 0.3 is 0 Å². The minimum absolute atomic E-state index is 0.476. The van der Waals surface area contributed by atoms with Gasteiger partial charge in [-0.25, -0.2) is 0 Å². The molecular formula is C13H20BrNS. The van der Waals surface area contributed by atoms with E-state index >= 15 is 0 Å². The molecule has 0 radical (unpaired) electrons. The molecule has 1 aliphatic rings. The largest absolute Gasteiger partial charge is 0.312 e. The van der Waals surface area contributed by atoms with E-state index in [1.807, 2.05) is 11.3 Å². The Labute approximate surface area is 111 Å². The van der Waals surface area contributed by atoms with E-state index in [-0.39, 0.29) is 0 Å². The lowest BCUT2D eigenvalue weighted by atomic mass is 9.77. The Balaban J connectivity index is 2.23. The van der Waals surface area contributed by atoms with Crippen LogP contribution in [-0.2, 0) is 0 Å². The maximum absolute atomic E-state index is 3.56. The van der Waals surface area contributed by atoms with Gasteiger partial charge in [0.1, 0.15) is 0 Å². The predicted molar refractivity (Wildman–Crippen MR) is 74.9 cm³/mol. The zero-order valence-corrected chi connectivity index (χ0v) is 12.6. The highest BCUT2D eigenvalue weighted by molar-refractivity contribution is 9.11. The summed E-state index contributed by atoms with van der Waals surface area (Å²) in [5, 5.41) is 3.52. The summed E-state index contributed by atoms with van der Waals surface area (Å²) >= 11 is 5.42. The number of nitrogens with one attached hydrogen (secondary N) is 1. The molecule has 0 saturated heterocycles. The molecule has 1 aromatic heterocycles. The molecule has 2 unspecified atom stereocenters. The van der Waals surface area contributed by atoms with Crippen LogP contribution < -0.4 is 5.32 Å². The van der Waals surface area contributed by atoms with E-state index in [1.54, 1.807) is 0 Å².